The van der Waals surface area contributed by atoms with E-state index in [0.717, 1.165) is 4.88 Å². The largest absolute Gasteiger partial charge is 0.268 e. The molecule has 0 saturated heterocycles. The molecule has 1 aromatic heterocycles. The van der Waals surface area contributed by atoms with Crippen LogP contribution in [0.1, 0.15) is 30.5 Å². The van der Waals surface area contributed by atoms with Crippen LogP contribution in [0.25, 0.3) is 6.08 Å². The van der Waals surface area contributed by atoms with Crippen LogP contribution in [0.4, 0.5) is 0 Å². The molecule has 94 valence electrons. The summed E-state index contributed by atoms with van der Waals surface area (Å²) in [7, 11) is 0. The van der Waals surface area contributed by atoms with Gasteiger partial charge >= 0.3 is 0 Å². The Morgan fingerprint density at radius 2 is 1.63 bits per heavy atom. The SMILES string of the molecule is Cc1ccc(/C=C/N2C(=O)c3ccccc3C2=O)s1. The smallest absolute Gasteiger partial charge is 0.265 e. The zero-order valence-electron chi connectivity index (χ0n) is 10.3. The minimum Gasteiger partial charge on any atom is -0.268 e. The Bertz CT molecular complexity index is 665. The number of benzene rings is 1. The molecule has 3 rings (SSSR count). The van der Waals surface area contributed by atoms with E-state index in [-0.39, 0.29) is 11.8 Å². The molecule has 3 nitrogen and oxygen atoms in total. The van der Waals surface area contributed by atoms with Crippen molar-refractivity contribution in [1.29, 1.82) is 0 Å². The van der Waals surface area contributed by atoms with Gasteiger partial charge in [0, 0.05) is 16.0 Å². The highest BCUT2D eigenvalue weighted by Gasteiger charge is 2.33. The highest BCUT2D eigenvalue weighted by Crippen LogP contribution is 2.24. The summed E-state index contributed by atoms with van der Waals surface area (Å²) in [6, 6.07) is 10.9. The van der Waals surface area contributed by atoms with E-state index in [1.165, 1.54) is 9.78 Å². The van der Waals surface area contributed by atoms with Gasteiger partial charge in [0.25, 0.3) is 11.8 Å². The average molecular weight is 269 g/mol. The number of rotatable bonds is 2. The number of fused-ring (bicyclic) bond motifs is 1. The van der Waals surface area contributed by atoms with Crippen molar-refractivity contribution >= 4 is 29.2 Å². The number of thiophene rings is 1. The van der Waals surface area contributed by atoms with Crippen LogP contribution in [-0.2, 0) is 0 Å². The van der Waals surface area contributed by atoms with Crippen LogP contribution in [0.5, 0.6) is 0 Å². The summed E-state index contributed by atoms with van der Waals surface area (Å²) in [5.41, 5.74) is 0.944. The number of carbonyl (C=O) groups excluding carboxylic acids is 2. The summed E-state index contributed by atoms with van der Waals surface area (Å²) in [5, 5.41) is 0. The zero-order valence-corrected chi connectivity index (χ0v) is 11.1. The Kier molecular flexibility index (Phi) is 2.80. The number of carbonyl (C=O) groups is 2. The van der Waals surface area contributed by atoms with E-state index in [0.29, 0.717) is 11.1 Å². The number of hydrogen-bond acceptors (Lipinski definition) is 3. The second-order valence-electron chi connectivity index (χ2n) is 4.29. The van der Waals surface area contributed by atoms with Crippen molar-refractivity contribution in [3.63, 3.8) is 0 Å². The topological polar surface area (TPSA) is 37.4 Å². The fourth-order valence-corrected chi connectivity index (χ4v) is 2.81. The molecule has 2 amide bonds. The number of nitrogens with zero attached hydrogens (tertiary/aromatic N) is 1. The summed E-state index contributed by atoms with van der Waals surface area (Å²) in [6.45, 7) is 2.02. The predicted molar refractivity (Wildman–Crippen MR) is 75.0 cm³/mol. The van der Waals surface area contributed by atoms with Gasteiger partial charge in [-0.1, -0.05) is 12.1 Å². The van der Waals surface area contributed by atoms with Gasteiger partial charge in [0.1, 0.15) is 0 Å². The van der Waals surface area contributed by atoms with Gasteiger partial charge in [-0.2, -0.15) is 0 Å². The lowest BCUT2D eigenvalue weighted by molar-refractivity contribution is 0.0722. The Hall–Kier alpha value is -2.20. The molecule has 2 aromatic rings. The highest BCUT2D eigenvalue weighted by molar-refractivity contribution is 7.12. The third kappa shape index (κ3) is 2.00. The van der Waals surface area contributed by atoms with E-state index in [9.17, 15) is 9.59 Å². The van der Waals surface area contributed by atoms with Crippen LogP contribution in [0, 0.1) is 6.92 Å². The van der Waals surface area contributed by atoms with Crippen LogP contribution in [0.3, 0.4) is 0 Å². The Balaban J connectivity index is 1.90. The fourth-order valence-electron chi connectivity index (χ4n) is 2.03. The van der Waals surface area contributed by atoms with E-state index in [1.807, 2.05) is 19.1 Å². The number of amides is 2. The second kappa shape index (κ2) is 4.48. The second-order valence-corrected chi connectivity index (χ2v) is 5.61. The van der Waals surface area contributed by atoms with Gasteiger partial charge in [-0.25, -0.2) is 4.90 Å². The molecule has 0 N–H and O–H groups in total. The maximum absolute atomic E-state index is 12.1. The molecule has 0 saturated carbocycles. The maximum Gasteiger partial charge on any atom is 0.265 e. The molecule has 0 radical (unpaired) electrons. The normalized spacial score (nSPS) is 14.5. The minimum absolute atomic E-state index is 0.259. The monoisotopic (exact) mass is 269 g/mol. The van der Waals surface area contributed by atoms with Gasteiger partial charge in [-0.3, -0.25) is 9.59 Å². The standard InChI is InChI=1S/C15H11NO2S/c1-10-6-7-11(19-10)8-9-16-14(17)12-4-2-3-5-13(12)15(16)18/h2-9H,1H3/b9-8+. The summed E-state index contributed by atoms with van der Waals surface area (Å²) in [4.78, 5) is 27.6. The van der Waals surface area contributed by atoms with Crippen molar-refractivity contribution in [2.75, 3.05) is 0 Å². The summed E-state index contributed by atoms with van der Waals surface area (Å²) in [6.07, 6.45) is 3.34. The molecule has 0 spiro atoms. The number of imide groups is 1. The van der Waals surface area contributed by atoms with Gasteiger partial charge in [0.15, 0.2) is 0 Å². The van der Waals surface area contributed by atoms with Crippen molar-refractivity contribution in [2.45, 2.75) is 6.92 Å². The van der Waals surface area contributed by atoms with Crippen LogP contribution >= 0.6 is 11.3 Å². The molecular formula is C15H11NO2S. The summed E-state index contributed by atoms with van der Waals surface area (Å²) >= 11 is 1.62. The lowest BCUT2D eigenvalue weighted by Gasteiger charge is -2.06. The molecule has 4 heteroatoms. The molecule has 0 fully saturated rings. The van der Waals surface area contributed by atoms with Crippen LogP contribution in [-0.4, -0.2) is 16.7 Å². The van der Waals surface area contributed by atoms with Crippen molar-refractivity contribution in [1.82, 2.24) is 4.90 Å². The van der Waals surface area contributed by atoms with Gasteiger partial charge in [0.05, 0.1) is 11.1 Å². The first-order valence-corrected chi connectivity index (χ1v) is 6.70. The molecule has 0 bridgehead atoms. The first-order valence-electron chi connectivity index (χ1n) is 5.88. The quantitative estimate of drug-likeness (QED) is 0.784. The molecule has 2 heterocycles. The number of aryl methyl sites for hydroxylation is 1. The Labute approximate surface area is 114 Å². The van der Waals surface area contributed by atoms with E-state index in [4.69, 9.17) is 0 Å². The highest BCUT2D eigenvalue weighted by atomic mass is 32.1. The third-order valence-electron chi connectivity index (χ3n) is 2.97. The molecular weight excluding hydrogens is 258 g/mol. The van der Waals surface area contributed by atoms with E-state index < -0.39 is 0 Å². The average Bonchev–Trinajstić information content (AvgIpc) is 2.93. The molecule has 1 aliphatic heterocycles. The van der Waals surface area contributed by atoms with Gasteiger partial charge in [-0.15, -0.1) is 11.3 Å². The summed E-state index contributed by atoms with van der Waals surface area (Å²) < 4.78 is 0. The fraction of sp³-hybridized carbons (Fsp3) is 0.0667. The lowest BCUT2D eigenvalue weighted by atomic mass is 10.1. The van der Waals surface area contributed by atoms with Gasteiger partial charge in [0.2, 0.25) is 0 Å². The first kappa shape index (κ1) is 11.9. The van der Waals surface area contributed by atoms with E-state index in [2.05, 4.69) is 0 Å². The van der Waals surface area contributed by atoms with Gasteiger partial charge in [-0.05, 0) is 37.3 Å². The maximum atomic E-state index is 12.1. The van der Waals surface area contributed by atoms with Gasteiger partial charge < -0.3 is 0 Å². The zero-order chi connectivity index (χ0) is 13.4. The molecule has 0 unspecified atom stereocenters. The molecule has 1 aliphatic rings. The van der Waals surface area contributed by atoms with Crippen molar-refractivity contribution in [2.24, 2.45) is 0 Å². The van der Waals surface area contributed by atoms with Crippen molar-refractivity contribution < 1.29 is 9.59 Å². The Morgan fingerprint density at radius 1 is 1.00 bits per heavy atom. The molecule has 0 atom stereocenters. The minimum atomic E-state index is -0.259. The number of hydrogen-bond donors (Lipinski definition) is 0. The van der Waals surface area contributed by atoms with Crippen molar-refractivity contribution in [3.05, 3.63) is 63.5 Å². The lowest BCUT2D eigenvalue weighted by Crippen LogP contribution is -2.23. The van der Waals surface area contributed by atoms with Crippen LogP contribution in [0.15, 0.2) is 42.6 Å². The Morgan fingerprint density at radius 3 is 2.16 bits per heavy atom. The van der Waals surface area contributed by atoms with Crippen LogP contribution in [0.2, 0.25) is 0 Å². The first-order chi connectivity index (χ1) is 9.16. The molecule has 19 heavy (non-hydrogen) atoms. The van der Waals surface area contributed by atoms with E-state index in [1.54, 1.807) is 47.9 Å². The van der Waals surface area contributed by atoms with Crippen LogP contribution < -0.4 is 0 Å². The third-order valence-corrected chi connectivity index (χ3v) is 3.94. The summed E-state index contributed by atoms with van der Waals surface area (Å²) in [5.74, 6) is -0.518. The molecule has 0 aliphatic carbocycles. The predicted octanol–water partition coefficient (Wildman–Crippen LogP) is 3.32. The molecule has 1 aromatic carbocycles. The van der Waals surface area contributed by atoms with Crippen molar-refractivity contribution in [3.8, 4) is 0 Å². The van der Waals surface area contributed by atoms with E-state index >= 15 is 0 Å².